The third-order valence-corrected chi connectivity index (χ3v) is 3.73. The maximum absolute atomic E-state index is 12.8. The minimum Gasteiger partial charge on any atom is -0.351 e. The summed E-state index contributed by atoms with van der Waals surface area (Å²) in [4.78, 5) is 20.6. The van der Waals surface area contributed by atoms with E-state index in [1.807, 2.05) is 0 Å². The molecule has 0 spiro atoms. The number of rotatable bonds is 4. The van der Waals surface area contributed by atoms with Crippen LogP contribution in [0.2, 0.25) is 5.02 Å². The van der Waals surface area contributed by atoms with Crippen molar-refractivity contribution in [3.63, 3.8) is 0 Å². The SMILES string of the molecule is CN(Cc1nccn1C(F)F)C(=O)c1cc2cc(Cl)ccc2[nH]1. The number of nitrogens with one attached hydrogen (secondary N) is 1. The molecule has 2 heterocycles. The maximum Gasteiger partial charge on any atom is 0.319 e. The predicted molar refractivity (Wildman–Crippen MR) is 82.6 cm³/mol. The second-order valence-corrected chi connectivity index (χ2v) is 5.54. The molecule has 0 radical (unpaired) electrons. The molecule has 3 rings (SSSR count). The third-order valence-electron chi connectivity index (χ3n) is 3.50. The van der Waals surface area contributed by atoms with Gasteiger partial charge in [0, 0.05) is 35.4 Å². The number of H-pyrrole nitrogens is 1. The molecule has 1 N–H and O–H groups in total. The maximum atomic E-state index is 12.8. The Morgan fingerprint density at radius 2 is 2.22 bits per heavy atom. The highest BCUT2D eigenvalue weighted by Gasteiger charge is 2.18. The number of hydrogen-bond acceptors (Lipinski definition) is 2. The lowest BCUT2D eigenvalue weighted by Gasteiger charge is -2.16. The number of aromatic nitrogens is 3. The molecule has 1 aromatic carbocycles. The van der Waals surface area contributed by atoms with Crippen LogP contribution in [0.5, 0.6) is 0 Å². The smallest absolute Gasteiger partial charge is 0.319 e. The third kappa shape index (κ3) is 3.05. The highest BCUT2D eigenvalue weighted by Crippen LogP contribution is 2.21. The number of fused-ring (bicyclic) bond motifs is 1. The van der Waals surface area contributed by atoms with E-state index < -0.39 is 6.55 Å². The number of imidazole rings is 1. The van der Waals surface area contributed by atoms with Crippen molar-refractivity contribution in [1.29, 1.82) is 0 Å². The Hall–Kier alpha value is -2.41. The molecule has 0 atom stereocenters. The molecule has 23 heavy (non-hydrogen) atoms. The van der Waals surface area contributed by atoms with E-state index in [1.54, 1.807) is 24.3 Å². The average molecular weight is 339 g/mol. The van der Waals surface area contributed by atoms with Gasteiger partial charge in [0.25, 0.3) is 5.91 Å². The van der Waals surface area contributed by atoms with Gasteiger partial charge in [0.1, 0.15) is 11.5 Å². The Kier molecular flexibility index (Phi) is 4.04. The zero-order valence-electron chi connectivity index (χ0n) is 12.1. The number of amides is 1. The van der Waals surface area contributed by atoms with Crippen molar-refractivity contribution in [1.82, 2.24) is 19.4 Å². The number of benzene rings is 1. The topological polar surface area (TPSA) is 53.9 Å². The van der Waals surface area contributed by atoms with Crippen LogP contribution in [0.15, 0.2) is 36.7 Å². The monoisotopic (exact) mass is 338 g/mol. The molecule has 1 amide bonds. The molecule has 0 aliphatic carbocycles. The van der Waals surface area contributed by atoms with Crippen LogP contribution in [0.4, 0.5) is 8.78 Å². The van der Waals surface area contributed by atoms with Crippen molar-refractivity contribution in [3.8, 4) is 0 Å². The Labute approximate surface area is 135 Å². The van der Waals surface area contributed by atoms with Crippen LogP contribution in [0, 0.1) is 0 Å². The quantitative estimate of drug-likeness (QED) is 0.789. The molecule has 0 aliphatic rings. The van der Waals surface area contributed by atoms with Crippen LogP contribution < -0.4 is 0 Å². The summed E-state index contributed by atoms with van der Waals surface area (Å²) in [5, 5.41) is 1.38. The van der Waals surface area contributed by atoms with E-state index in [-0.39, 0.29) is 18.3 Å². The lowest BCUT2D eigenvalue weighted by atomic mass is 10.2. The fourth-order valence-corrected chi connectivity index (χ4v) is 2.53. The molecule has 5 nitrogen and oxygen atoms in total. The number of carbonyl (C=O) groups excluding carboxylic acids is 1. The summed E-state index contributed by atoms with van der Waals surface area (Å²) in [5.41, 5.74) is 1.14. The minimum atomic E-state index is -2.69. The Bertz CT molecular complexity index is 858. The van der Waals surface area contributed by atoms with Crippen molar-refractivity contribution in [2.24, 2.45) is 0 Å². The van der Waals surface area contributed by atoms with E-state index in [0.717, 1.165) is 15.5 Å². The fraction of sp³-hybridized carbons (Fsp3) is 0.200. The van der Waals surface area contributed by atoms with Gasteiger partial charge in [0.2, 0.25) is 0 Å². The first-order chi connectivity index (χ1) is 11.0. The van der Waals surface area contributed by atoms with E-state index >= 15 is 0 Å². The predicted octanol–water partition coefficient (Wildman–Crippen LogP) is 3.69. The Balaban J connectivity index is 1.82. The number of nitrogens with zero attached hydrogens (tertiary/aromatic N) is 3. The zero-order valence-corrected chi connectivity index (χ0v) is 12.9. The van der Waals surface area contributed by atoms with Crippen LogP contribution in [0.25, 0.3) is 10.9 Å². The van der Waals surface area contributed by atoms with Gasteiger partial charge in [-0.05, 0) is 24.3 Å². The number of hydrogen-bond donors (Lipinski definition) is 1. The van der Waals surface area contributed by atoms with Gasteiger partial charge in [-0.2, -0.15) is 8.78 Å². The van der Waals surface area contributed by atoms with Crippen molar-refractivity contribution in [2.75, 3.05) is 7.05 Å². The molecule has 0 bridgehead atoms. The first kappa shape index (κ1) is 15.5. The molecular formula is C15H13ClF2N4O. The summed E-state index contributed by atoms with van der Waals surface area (Å²) < 4.78 is 26.4. The molecule has 8 heteroatoms. The van der Waals surface area contributed by atoms with Gasteiger partial charge in [-0.3, -0.25) is 9.36 Å². The first-order valence-electron chi connectivity index (χ1n) is 6.79. The average Bonchev–Trinajstić information content (AvgIpc) is 3.12. The summed E-state index contributed by atoms with van der Waals surface area (Å²) in [5.74, 6) is -0.198. The lowest BCUT2D eigenvalue weighted by molar-refractivity contribution is 0.0611. The molecule has 0 aliphatic heterocycles. The van der Waals surface area contributed by atoms with Crippen LogP contribution in [0.1, 0.15) is 22.9 Å². The summed E-state index contributed by atoms with van der Waals surface area (Å²) >= 11 is 5.92. The summed E-state index contributed by atoms with van der Waals surface area (Å²) in [6, 6.07) is 6.92. The second kappa shape index (κ2) is 6.00. The molecule has 0 unspecified atom stereocenters. The van der Waals surface area contributed by atoms with E-state index in [2.05, 4.69) is 9.97 Å². The van der Waals surface area contributed by atoms with Gasteiger partial charge >= 0.3 is 6.55 Å². The van der Waals surface area contributed by atoms with Gasteiger partial charge in [0.05, 0.1) is 6.54 Å². The van der Waals surface area contributed by atoms with Crippen LogP contribution in [0.3, 0.4) is 0 Å². The molecular weight excluding hydrogens is 326 g/mol. The zero-order chi connectivity index (χ0) is 16.6. The minimum absolute atomic E-state index is 0.0215. The second-order valence-electron chi connectivity index (χ2n) is 5.10. The number of halogens is 3. The molecule has 0 fully saturated rings. The van der Waals surface area contributed by atoms with Crippen molar-refractivity contribution >= 4 is 28.4 Å². The van der Waals surface area contributed by atoms with Crippen molar-refractivity contribution in [3.05, 3.63) is 53.2 Å². The van der Waals surface area contributed by atoms with Crippen LogP contribution >= 0.6 is 11.6 Å². The van der Waals surface area contributed by atoms with Gasteiger partial charge in [-0.25, -0.2) is 4.98 Å². The van der Waals surface area contributed by atoms with Crippen molar-refractivity contribution < 1.29 is 13.6 Å². The number of carbonyl (C=O) groups is 1. The highest BCUT2D eigenvalue weighted by molar-refractivity contribution is 6.31. The van der Waals surface area contributed by atoms with Gasteiger partial charge in [-0.1, -0.05) is 11.6 Å². The van der Waals surface area contributed by atoms with Gasteiger partial charge in [0.15, 0.2) is 0 Å². The fourth-order valence-electron chi connectivity index (χ4n) is 2.35. The van der Waals surface area contributed by atoms with E-state index in [4.69, 9.17) is 11.6 Å². The molecule has 0 saturated carbocycles. The molecule has 120 valence electrons. The van der Waals surface area contributed by atoms with Gasteiger partial charge in [-0.15, -0.1) is 0 Å². The molecule has 3 aromatic rings. The van der Waals surface area contributed by atoms with E-state index in [0.29, 0.717) is 10.7 Å². The number of alkyl halides is 2. The standard InChI is InChI=1S/C15H13ClF2N4O/c1-21(8-13-19-4-5-22(13)15(17)18)14(23)12-7-9-6-10(16)2-3-11(9)20-12/h2-7,15,20H,8H2,1H3. The Morgan fingerprint density at radius 3 is 2.96 bits per heavy atom. The van der Waals surface area contributed by atoms with Crippen molar-refractivity contribution in [2.45, 2.75) is 13.1 Å². The molecule has 2 aromatic heterocycles. The lowest BCUT2D eigenvalue weighted by Crippen LogP contribution is -2.28. The first-order valence-corrected chi connectivity index (χ1v) is 7.17. The summed E-state index contributed by atoms with van der Waals surface area (Å²) in [6.45, 7) is -2.71. The van der Waals surface area contributed by atoms with E-state index in [1.165, 1.54) is 24.3 Å². The largest absolute Gasteiger partial charge is 0.351 e. The Morgan fingerprint density at radius 1 is 1.43 bits per heavy atom. The summed E-state index contributed by atoms with van der Waals surface area (Å²) in [6.07, 6.45) is 2.47. The van der Waals surface area contributed by atoms with Crippen LogP contribution in [-0.4, -0.2) is 32.4 Å². The van der Waals surface area contributed by atoms with Gasteiger partial charge < -0.3 is 9.88 Å². The highest BCUT2D eigenvalue weighted by atomic mass is 35.5. The van der Waals surface area contributed by atoms with E-state index in [9.17, 15) is 13.6 Å². The van der Waals surface area contributed by atoms with Crippen LogP contribution in [-0.2, 0) is 6.54 Å². The normalized spacial score (nSPS) is 11.3. The molecule has 0 saturated heterocycles. The summed E-state index contributed by atoms with van der Waals surface area (Å²) in [7, 11) is 1.53. The number of aromatic amines is 1.